The van der Waals surface area contributed by atoms with E-state index >= 15 is 0 Å². The number of rotatable bonds is 8. The summed E-state index contributed by atoms with van der Waals surface area (Å²) in [5, 5.41) is 10.7. The van der Waals surface area contributed by atoms with E-state index in [1.165, 1.54) is 24.3 Å². The normalized spacial score (nSPS) is 11.1. The van der Waals surface area contributed by atoms with Crippen LogP contribution in [-0.2, 0) is 27.7 Å². The number of benzene rings is 3. The summed E-state index contributed by atoms with van der Waals surface area (Å²) in [6.07, 6.45) is 0.168. The molecule has 0 spiro atoms. The van der Waals surface area contributed by atoms with E-state index in [4.69, 9.17) is 0 Å². The largest absolute Gasteiger partial charge is 0.299 e. The summed E-state index contributed by atoms with van der Waals surface area (Å²) in [6.45, 7) is 1.87. The predicted octanol–water partition coefficient (Wildman–Crippen LogP) is 4.06. The van der Waals surface area contributed by atoms with Gasteiger partial charge in [-0.25, -0.2) is 8.42 Å². The SMILES string of the molecule is Cc1cccc(NS(=O)(=O)c2cccc(CC(=O)Cc3ccc([N+](=O)[O-])cc3)c2)c1. The van der Waals surface area contributed by atoms with Crippen molar-refractivity contribution in [2.45, 2.75) is 24.7 Å². The quantitative estimate of drug-likeness (QED) is 0.434. The van der Waals surface area contributed by atoms with E-state index in [1.807, 2.05) is 13.0 Å². The Morgan fingerprint density at radius 3 is 2.27 bits per heavy atom. The highest BCUT2D eigenvalue weighted by Gasteiger charge is 2.16. The predicted molar refractivity (Wildman–Crippen MR) is 114 cm³/mol. The van der Waals surface area contributed by atoms with E-state index in [0.29, 0.717) is 16.8 Å². The average Bonchev–Trinajstić information content (AvgIpc) is 2.68. The summed E-state index contributed by atoms with van der Waals surface area (Å²) >= 11 is 0. The number of sulfonamides is 1. The minimum atomic E-state index is -3.79. The maximum atomic E-state index is 12.7. The number of ketones is 1. The molecule has 0 fully saturated rings. The first-order chi connectivity index (χ1) is 14.2. The average molecular weight is 424 g/mol. The smallest absolute Gasteiger partial charge is 0.269 e. The van der Waals surface area contributed by atoms with Gasteiger partial charge in [0.05, 0.1) is 9.82 Å². The molecule has 8 heteroatoms. The Kier molecular flexibility index (Phi) is 6.27. The molecule has 30 heavy (non-hydrogen) atoms. The number of hydrogen-bond acceptors (Lipinski definition) is 5. The van der Waals surface area contributed by atoms with E-state index in [0.717, 1.165) is 5.56 Å². The van der Waals surface area contributed by atoms with Gasteiger partial charge >= 0.3 is 0 Å². The van der Waals surface area contributed by atoms with Gasteiger partial charge in [-0.05, 0) is 47.9 Å². The number of non-ortho nitro benzene ring substituents is 1. The summed E-state index contributed by atoms with van der Waals surface area (Å²) in [6, 6.07) is 19.1. The number of aryl methyl sites for hydroxylation is 1. The molecule has 0 saturated heterocycles. The van der Waals surface area contributed by atoms with Crippen LogP contribution in [0.15, 0.2) is 77.7 Å². The minimum Gasteiger partial charge on any atom is -0.299 e. The third kappa shape index (κ3) is 5.51. The molecule has 0 aromatic heterocycles. The van der Waals surface area contributed by atoms with Crippen LogP contribution in [0.4, 0.5) is 11.4 Å². The van der Waals surface area contributed by atoms with Gasteiger partial charge in [0, 0.05) is 30.7 Å². The van der Waals surface area contributed by atoms with Crippen molar-refractivity contribution in [3.8, 4) is 0 Å². The zero-order valence-corrected chi connectivity index (χ0v) is 17.1. The van der Waals surface area contributed by atoms with E-state index in [1.54, 1.807) is 42.5 Å². The summed E-state index contributed by atoms with van der Waals surface area (Å²) in [5.74, 6) is -0.120. The molecule has 0 radical (unpaired) electrons. The Morgan fingerprint density at radius 2 is 1.60 bits per heavy atom. The molecule has 0 amide bonds. The van der Waals surface area contributed by atoms with Crippen LogP contribution in [0.3, 0.4) is 0 Å². The number of nitrogens with zero attached hydrogens (tertiary/aromatic N) is 1. The van der Waals surface area contributed by atoms with Gasteiger partial charge < -0.3 is 0 Å². The van der Waals surface area contributed by atoms with Crippen LogP contribution in [0, 0.1) is 17.0 Å². The Hall–Kier alpha value is -3.52. The zero-order chi connectivity index (χ0) is 21.7. The first-order valence-corrected chi connectivity index (χ1v) is 10.6. The second-order valence-electron chi connectivity index (χ2n) is 6.94. The van der Waals surface area contributed by atoms with Crippen molar-refractivity contribution in [3.63, 3.8) is 0 Å². The lowest BCUT2D eigenvalue weighted by molar-refractivity contribution is -0.384. The summed E-state index contributed by atoms with van der Waals surface area (Å²) < 4.78 is 27.9. The molecular formula is C22H20N2O5S. The van der Waals surface area contributed by atoms with Crippen LogP contribution < -0.4 is 4.72 Å². The molecule has 1 N–H and O–H groups in total. The number of nitrogens with one attached hydrogen (secondary N) is 1. The van der Waals surface area contributed by atoms with Gasteiger partial charge in [0.2, 0.25) is 0 Å². The number of carbonyl (C=O) groups is 1. The maximum Gasteiger partial charge on any atom is 0.269 e. The topological polar surface area (TPSA) is 106 Å². The number of Topliss-reactive ketones (excluding diaryl/α,β-unsaturated/α-hetero) is 1. The van der Waals surface area contributed by atoms with Crippen LogP contribution in [0.5, 0.6) is 0 Å². The lowest BCUT2D eigenvalue weighted by Gasteiger charge is -2.10. The zero-order valence-electron chi connectivity index (χ0n) is 16.2. The molecule has 0 aliphatic heterocycles. The highest BCUT2D eigenvalue weighted by atomic mass is 32.2. The third-order valence-electron chi connectivity index (χ3n) is 4.43. The molecule has 0 aliphatic carbocycles. The molecule has 0 saturated carbocycles. The monoisotopic (exact) mass is 424 g/mol. The van der Waals surface area contributed by atoms with Crippen LogP contribution in [-0.4, -0.2) is 19.1 Å². The first kappa shape index (κ1) is 21.2. The molecule has 0 heterocycles. The second kappa shape index (κ2) is 8.87. The van der Waals surface area contributed by atoms with Gasteiger partial charge in [-0.15, -0.1) is 0 Å². The molecule has 0 unspecified atom stereocenters. The highest BCUT2D eigenvalue weighted by Crippen LogP contribution is 2.19. The molecule has 3 rings (SSSR count). The lowest BCUT2D eigenvalue weighted by Crippen LogP contribution is -2.14. The van der Waals surface area contributed by atoms with Gasteiger partial charge in [0.25, 0.3) is 15.7 Å². The van der Waals surface area contributed by atoms with Crippen molar-refractivity contribution in [1.82, 2.24) is 0 Å². The molecule has 7 nitrogen and oxygen atoms in total. The second-order valence-corrected chi connectivity index (χ2v) is 8.62. The Labute approximate surface area is 174 Å². The fourth-order valence-electron chi connectivity index (χ4n) is 3.00. The fourth-order valence-corrected chi connectivity index (χ4v) is 4.12. The van der Waals surface area contributed by atoms with E-state index in [-0.39, 0.29) is 29.2 Å². The van der Waals surface area contributed by atoms with E-state index in [9.17, 15) is 23.3 Å². The number of carbonyl (C=O) groups excluding carboxylic acids is 1. The number of anilines is 1. The standard InChI is InChI=1S/C22H20N2O5S/c1-16-4-2-6-19(12-16)23-30(28,29)22-7-3-5-18(15-22)14-21(25)13-17-8-10-20(11-9-17)24(26)27/h2-12,15,23H,13-14H2,1H3. The third-order valence-corrected chi connectivity index (χ3v) is 5.81. The van der Waals surface area contributed by atoms with Crippen LogP contribution in [0.25, 0.3) is 0 Å². The molecule has 3 aromatic rings. The van der Waals surface area contributed by atoms with E-state index in [2.05, 4.69) is 4.72 Å². The van der Waals surface area contributed by atoms with Crippen molar-refractivity contribution in [2.24, 2.45) is 0 Å². The highest BCUT2D eigenvalue weighted by molar-refractivity contribution is 7.92. The Morgan fingerprint density at radius 1 is 0.933 bits per heavy atom. The van der Waals surface area contributed by atoms with Crippen LogP contribution >= 0.6 is 0 Å². The lowest BCUT2D eigenvalue weighted by atomic mass is 10.0. The molecule has 0 aliphatic rings. The van der Waals surface area contributed by atoms with Gasteiger partial charge in [0.15, 0.2) is 0 Å². The van der Waals surface area contributed by atoms with Crippen molar-refractivity contribution >= 4 is 27.2 Å². The summed E-state index contributed by atoms with van der Waals surface area (Å²) in [7, 11) is -3.79. The van der Waals surface area contributed by atoms with Crippen molar-refractivity contribution in [3.05, 3.63) is 99.6 Å². The van der Waals surface area contributed by atoms with E-state index < -0.39 is 14.9 Å². The van der Waals surface area contributed by atoms with Crippen molar-refractivity contribution in [2.75, 3.05) is 4.72 Å². The van der Waals surface area contributed by atoms with Crippen LogP contribution in [0.1, 0.15) is 16.7 Å². The summed E-state index contributed by atoms with van der Waals surface area (Å²) in [4.78, 5) is 22.7. The molecule has 0 bridgehead atoms. The maximum absolute atomic E-state index is 12.7. The molecule has 0 atom stereocenters. The first-order valence-electron chi connectivity index (χ1n) is 9.16. The fraction of sp³-hybridized carbons (Fsp3) is 0.136. The molecular weight excluding hydrogens is 404 g/mol. The van der Waals surface area contributed by atoms with Gasteiger partial charge in [-0.1, -0.05) is 36.4 Å². The van der Waals surface area contributed by atoms with Crippen molar-refractivity contribution < 1.29 is 18.1 Å². The van der Waals surface area contributed by atoms with Gasteiger partial charge in [-0.3, -0.25) is 19.6 Å². The Balaban J connectivity index is 1.70. The summed E-state index contributed by atoms with van der Waals surface area (Å²) in [5.41, 5.74) is 2.60. The van der Waals surface area contributed by atoms with Crippen LogP contribution in [0.2, 0.25) is 0 Å². The number of nitro benzene ring substituents is 1. The molecule has 154 valence electrons. The van der Waals surface area contributed by atoms with Crippen molar-refractivity contribution in [1.29, 1.82) is 0 Å². The number of nitro groups is 1. The van der Waals surface area contributed by atoms with Gasteiger partial charge in [0.1, 0.15) is 5.78 Å². The Bertz CT molecular complexity index is 1190. The van der Waals surface area contributed by atoms with Gasteiger partial charge in [-0.2, -0.15) is 0 Å². The minimum absolute atomic E-state index is 0.0368. The number of hydrogen-bond donors (Lipinski definition) is 1. The molecule has 3 aromatic carbocycles.